The highest BCUT2D eigenvalue weighted by molar-refractivity contribution is 5.66. The molecule has 0 saturated heterocycles. The van der Waals surface area contributed by atoms with Gasteiger partial charge in [0, 0.05) is 27.7 Å². The van der Waals surface area contributed by atoms with Gasteiger partial charge in [-0.1, -0.05) is 0 Å². The molecular formula is C15H17F5O8. The molecule has 0 atom stereocenters. The molecule has 0 heterocycles. The average Bonchev–Trinajstić information content (AvgIpc) is 2.41. The summed E-state index contributed by atoms with van der Waals surface area (Å²) >= 11 is 0. The summed E-state index contributed by atoms with van der Waals surface area (Å²) in [6.45, 7) is 3.92. The van der Waals surface area contributed by atoms with Gasteiger partial charge in [0.25, 0.3) is 17.9 Å². The summed E-state index contributed by atoms with van der Waals surface area (Å²) in [7, 11) is 0. The van der Waals surface area contributed by atoms with Crippen molar-refractivity contribution in [2.75, 3.05) is 0 Å². The van der Waals surface area contributed by atoms with Gasteiger partial charge in [0.15, 0.2) is 17.5 Å². The second-order valence-corrected chi connectivity index (χ2v) is 4.39. The molecule has 8 nitrogen and oxygen atoms in total. The Labute approximate surface area is 155 Å². The molecule has 3 N–H and O–H groups in total. The number of carbonyl (C=O) groups is 4. The first kappa shape index (κ1) is 29.5. The van der Waals surface area contributed by atoms with Crippen molar-refractivity contribution in [3.63, 3.8) is 0 Å². The van der Waals surface area contributed by atoms with Crippen LogP contribution in [0.5, 0.6) is 0 Å². The van der Waals surface area contributed by atoms with Crippen LogP contribution < -0.4 is 0 Å². The highest BCUT2D eigenvalue weighted by atomic mass is 19.3. The van der Waals surface area contributed by atoms with E-state index in [1.807, 2.05) is 0 Å². The molecule has 0 aromatic heterocycles. The predicted molar refractivity (Wildman–Crippen MR) is 81.9 cm³/mol. The van der Waals surface area contributed by atoms with Gasteiger partial charge in [-0.2, -0.15) is 8.78 Å². The first-order chi connectivity index (χ1) is 12.4. The number of carboxylic acid groups (broad SMARTS) is 3. The van der Waals surface area contributed by atoms with E-state index < -0.39 is 53.0 Å². The highest BCUT2D eigenvalue weighted by Crippen LogP contribution is 2.32. The molecule has 0 radical (unpaired) electrons. The Morgan fingerprint density at radius 1 is 0.786 bits per heavy atom. The van der Waals surface area contributed by atoms with Crippen LogP contribution >= 0.6 is 0 Å². The van der Waals surface area contributed by atoms with E-state index in [-0.39, 0.29) is 0 Å². The molecule has 0 fully saturated rings. The number of hydrogen-bond donors (Lipinski definition) is 3. The van der Waals surface area contributed by atoms with Crippen LogP contribution in [0.3, 0.4) is 0 Å². The lowest BCUT2D eigenvalue weighted by molar-refractivity contribution is -0.239. The molecule has 0 aliphatic rings. The Morgan fingerprint density at radius 3 is 1.39 bits per heavy atom. The van der Waals surface area contributed by atoms with E-state index >= 15 is 0 Å². The molecule has 0 aliphatic heterocycles. The van der Waals surface area contributed by atoms with Gasteiger partial charge in [0.2, 0.25) is 0 Å². The second-order valence-electron chi connectivity index (χ2n) is 4.39. The zero-order valence-corrected chi connectivity index (χ0v) is 14.9. The Bertz CT molecular complexity index is 651. The minimum Gasteiger partial charge on any atom is -0.481 e. The number of carboxylic acids is 3. The standard InChI is InChI=1S/C9H5F5O2.3C2H4O2/c1-4(15)16-9(13,14)5-2-3-6(10)8(12)7(5)11;3*1-2(3)4/h2-3H,1H3;3*1H3,(H,3,4). The normalized spacial score (nSPS) is 9.18. The summed E-state index contributed by atoms with van der Waals surface area (Å²) in [5, 5.41) is 22.2. The third-order valence-electron chi connectivity index (χ3n) is 1.62. The van der Waals surface area contributed by atoms with Gasteiger partial charge in [-0.05, 0) is 12.1 Å². The SMILES string of the molecule is CC(=O)O.CC(=O)O.CC(=O)O.CC(=O)OC(F)(F)c1ccc(F)c(F)c1F. The van der Waals surface area contributed by atoms with Gasteiger partial charge in [-0.15, -0.1) is 0 Å². The van der Waals surface area contributed by atoms with Crippen LogP contribution in [-0.4, -0.2) is 39.2 Å². The summed E-state index contributed by atoms with van der Waals surface area (Å²) in [5.74, 6) is -9.63. The molecule has 0 amide bonds. The maximum atomic E-state index is 13.0. The summed E-state index contributed by atoms with van der Waals surface area (Å²) in [4.78, 5) is 37.3. The molecule has 1 aromatic carbocycles. The van der Waals surface area contributed by atoms with E-state index in [0.29, 0.717) is 19.1 Å². The molecule has 160 valence electrons. The molecule has 13 heteroatoms. The van der Waals surface area contributed by atoms with Gasteiger partial charge >= 0.3 is 12.1 Å². The van der Waals surface area contributed by atoms with Crippen molar-refractivity contribution in [1.82, 2.24) is 0 Å². The molecular weight excluding hydrogens is 403 g/mol. The Kier molecular flexibility index (Phi) is 14.6. The number of aliphatic carboxylic acids is 3. The van der Waals surface area contributed by atoms with Crippen molar-refractivity contribution in [3.05, 3.63) is 35.1 Å². The average molecular weight is 420 g/mol. The Morgan fingerprint density at radius 2 is 1.11 bits per heavy atom. The molecule has 0 aliphatic carbocycles. The van der Waals surface area contributed by atoms with Crippen LogP contribution in [0.1, 0.15) is 33.3 Å². The lowest BCUT2D eigenvalue weighted by atomic mass is 10.2. The van der Waals surface area contributed by atoms with Crippen molar-refractivity contribution in [3.8, 4) is 0 Å². The van der Waals surface area contributed by atoms with E-state index in [1.54, 1.807) is 0 Å². The van der Waals surface area contributed by atoms with E-state index in [9.17, 15) is 26.7 Å². The maximum Gasteiger partial charge on any atom is 0.431 e. The first-order valence-corrected chi connectivity index (χ1v) is 6.75. The topological polar surface area (TPSA) is 138 Å². The highest BCUT2D eigenvalue weighted by Gasteiger charge is 2.40. The summed E-state index contributed by atoms with van der Waals surface area (Å²) < 4.78 is 67.5. The van der Waals surface area contributed by atoms with Gasteiger partial charge in [0.1, 0.15) is 5.56 Å². The molecule has 1 rings (SSSR count). The van der Waals surface area contributed by atoms with E-state index in [1.165, 1.54) is 0 Å². The molecule has 28 heavy (non-hydrogen) atoms. The van der Waals surface area contributed by atoms with Gasteiger partial charge in [-0.3, -0.25) is 19.2 Å². The van der Waals surface area contributed by atoms with Crippen molar-refractivity contribution in [1.29, 1.82) is 0 Å². The number of halogens is 5. The number of carbonyl (C=O) groups excluding carboxylic acids is 1. The fraction of sp³-hybridized carbons (Fsp3) is 0.333. The van der Waals surface area contributed by atoms with Crippen molar-refractivity contribution < 1.29 is 61.2 Å². The number of rotatable bonds is 2. The van der Waals surface area contributed by atoms with Gasteiger partial charge in [-0.25, -0.2) is 13.2 Å². The largest absolute Gasteiger partial charge is 0.481 e. The fourth-order valence-electron chi connectivity index (χ4n) is 0.986. The third-order valence-corrected chi connectivity index (χ3v) is 1.62. The van der Waals surface area contributed by atoms with Crippen LogP contribution in [0.2, 0.25) is 0 Å². The van der Waals surface area contributed by atoms with Crippen molar-refractivity contribution in [2.45, 2.75) is 33.8 Å². The third kappa shape index (κ3) is 17.6. The lowest BCUT2D eigenvalue weighted by Gasteiger charge is -2.16. The monoisotopic (exact) mass is 420 g/mol. The Hall–Kier alpha value is -3.25. The fourth-order valence-corrected chi connectivity index (χ4v) is 0.986. The Balaban J connectivity index is -0.000000427. The number of hydrogen-bond acceptors (Lipinski definition) is 5. The quantitative estimate of drug-likeness (QED) is 0.377. The van der Waals surface area contributed by atoms with E-state index in [0.717, 1.165) is 20.8 Å². The number of ether oxygens (including phenoxy) is 1. The number of benzene rings is 1. The number of esters is 1. The van der Waals surface area contributed by atoms with Gasteiger partial charge in [0.05, 0.1) is 0 Å². The van der Waals surface area contributed by atoms with Crippen LogP contribution in [0.15, 0.2) is 12.1 Å². The van der Waals surface area contributed by atoms with Crippen LogP contribution in [0, 0.1) is 17.5 Å². The second kappa shape index (κ2) is 13.9. The molecule has 0 bridgehead atoms. The molecule has 1 aromatic rings. The van der Waals surface area contributed by atoms with E-state index in [2.05, 4.69) is 4.74 Å². The minimum atomic E-state index is -4.34. The van der Waals surface area contributed by atoms with Crippen LogP contribution in [0.4, 0.5) is 22.0 Å². The zero-order valence-electron chi connectivity index (χ0n) is 14.9. The molecule has 0 saturated carbocycles. The lowest BCUT2D eigenvalue weighted by Crippen LogP contribution is -2.23. The molecule has 0 unspecified atom stereocenters. The van der Waals surface area contributed by atoms with Crippen molar-refractivity contribution in [2.24, 2.45) is 0 Å². The van der Waals surface area contributed by atoms with E-state index in [4.69, 9.17) is 29.7 Å². The summed E-state index contributed by atoms with van der Waals surface area (Å²) in [6, 6.07) is 0.613. The summed E-state index contributed by atoms with van der Waals surface area (Å²) in [6.07, 6.45) is -4.34. The molecule has 0 spiro atoms. The maximum absolute atomic E-state index is 13.0. The van der Waals surface area contributed by atoms with Crippen LogP contribution in [0.25, 0.3) is 0 Å². The zero-order chi connectivity index (χ0) is 23.2. The van der Waals surface area contributed by atoms with Gasteiger partial charge < -0.3 is 20.1 Å². The minimum absolute atomic E-state index is 0.302. The smallest absolute Gasteiger partial charge is 0.431 e. The van der Waals surface area contributed by atoms with Crippen molar-refractivity contribution >= 4 is 23.9 Å². The first-order valence-electron chi connectivity index (χ1n) is 6.75. The summed E-state index contributed by atoms with van der Waals surface area (Å²) in [5.41, 5.74) is -1.54. The predicted octanol–water partition coefficient (Wildman–Crippen LogP) is 2.99. The van der Waals surface area contributed by atoms with Crippen LogP contribution in [-0.2, 0) is 30.0 Å². The number of alkyl halides is 2.